The van der Waals surface area contributed by atoms with Gasteiger partial charge in [-0.15, -0.1) is 0 Å². The van der Waals surface area contributed by atoms with Crippen molar-refractivity contribution in [1.82, 2.24) is 10.2 Å². The summed E-state index contributed by atoms with van der Waals surface area (Å²) >= 11 is 0. The van der Waals surface area contributed by atoms with E-state index >= 15 is 0 Å². The third kappa shape index (κ3) is 4.02. The minimum atomic E-state index is -0.533. The number of hydrogen-bond acceptors (Lipinski definition) is 2. The number of rotatable bonds is 3. The zero-order valence-corrected chi connectivity index (χ0v) is 13.5. The summed E-state index contributed by atoms with van der Waals surface area (Å²) in [6.07, 6.45) is 1.14. The third-order valence-electron chi connectivity index (χ3n) is 4.31. The summed E-state index contributed by atoms with van der Waals surface area (Å²) in [5.74, 6) is -1.67. The molecule has 0 unspecified atom stereocenters. The van der Waals surface area contributed by atoms with Gasteiger partial charge < -0.3 is 10.2 Å². The first kappa shape index (κ1) is 17.1. The van der Waals surface area contributed by atoms with Gasteiger partial charge in [-0.3, -0.25) is 9.59 Å². The van der Waals surface area contributed by atoms with Gasteiger partial charge in [0.1, 0.15) is 11.6 Å². The minimum Gasteiger partial charge on any atom is -0.349 e. The molecule has 0 atom stereocenters. The number of likely N-dealkylation sites (tertiary alicyclic amines) is 1. The second kappa shape index (κ2) is 7.42. The molecule has 2 aromatic rings. The average molecular weight is 344 g/mol. The Morgan fingerprint density at radius 3 is 2.40 bits per heavy atom. The van der Waals surface area contributed by atoms with Gasteiger partial charge in [0.15, 0.2) is 0 Å². The van der Waals surface area contributed by atoms with Gasteiger partial charge in [-0.1, -0.05) is 18.2 Å². The van der Waals surface area contributed by atoms with Gasteiger partial charge in [0.2, 0.25) is 0 Å². The van der Waals surface area contributed by atoms with E-state index in [4.69, 9.17) is 0 Å². The van der Waals surface area contributed by atoms with Gasteiger partial charge in [-0.25, -0.2) is 8.78 Å². The summed E-state index contributed by atoms with van der Waals surface area (Å²) < 4.78 is 26.9. The molecule has 1 aliphatic heterocycles. The van der Waals surface area contributed by atoms with Crippen LogP contribution in [-0.4, -0.2) is 35.8 Å². The SMILES string of the molecule is O=C(NC1CCN(C(=O)c2ccccc2F)CC1)c1cccc(F)c1. The van der Waals surface area contributed by atoms with Crippen molar-refractivity contribution >= 4 is 11.8 Å². The smallest absolute Gasteiger partial charge is 0.256 e. The number of hydrogen-bond donors (Lipinski definition) is 1. The van der Waals surface area contributed by atoms with Crippen molar-refractivity contribution in [3.63, 3.8) is 0 Å². The number of nitrogens with one attached hydrogen (secondary N) is 1. The predicted molar refractivity (Wildman–Crippen MR) is 89.2 cm³/mol. The van der Waals surface area contributed by atoms with Crippen LogP contribution < -0.4 is 5.32 Å². The molecule has 3 rings (SSSR count). The lowest BCUT2D eigenvalue weighted by molar-refractivity contribution is 0.0693. The number of benzene rings is 2. The lowest BCUT2D eigenvalue weighted by Crippen LogP contribution is -2.46. The Morgan fingerprint density at radius 1 is 1.00 bits per heavy atom. The first-order valence-corrected chi connectivity index (χ1v) is 8.15. The molecule has 0 aliphatic carbocycles. The maximum absolute atomic E-state index is 13.7. The zero-order valence-electron chi connectivity index (χ0n) is 13.5. The maximum Gasteiger partial charge on any atom is 0.256 e. The second-order valence-corrected chi connectivity index (χ2v) is 6.03. The fourth-order valence-corrected chi connectivity index (χ4v) is 2.93. The van der Waals surface area contributed by atoms with E-state index in [0.717, 1.165) is 0 Å². The lowest BCUT2D eigenvalue weighted by atomic mass is 10.0. The van der Waals surface area contributed by atoms with Gasteiger partial charge in [-0.05, 0) is 43.2 Å². The van der Waals surface area contributed by atoms with Gasteiger partial charge in [-0.2, -0.15) is 0 Å². The van der Waals surface area contributed by atoms with Crippen molar-refractivity contribution < 1.29 is 18.4 Å². The summed E-state index contributed by atoms with van der Waals surface area (Å²) in [6.45, 7) is 0.864. The molecule has 0 saturated carbocycles. The Hall–Kier alpha value is -2.76. The highest BCUT2D eigenvalue weighted by molar-refractivity contribution is 5.95. The standard InChI is InChI=1S/C19H18F2N2O2/c20-14-5-3-4-13(12-14)18(24)22-15-8-10-23(11-9-15)19(25)16-6-1-2-7-17(16)21/h1-7,12,15H,8-11H2,(H,22,24). The predicted octanol–water partition coefficient (Wildman–Crippen LogP) is 3.00. The van der Waals surface area contributed by atoms with Gasteiger partial charge in [0.25, 0.3) is 11.8 Å². The molecule has 4 nitrogen and oxygen atoms in total. The number of carbonyl (C=O) groups excluding carboxylic acids is 2. The number of piperidine rings is 1. The Kier molecular flexibility index (Phi) is 5.07. The van der Waals surface area contributed by atoms with Crippen molar-refractivity contribution in [1.29, 1.82) is 0 Å². The maximum atomic E-state index is 13.7. The summed E-state index contributed by atoms with van der Waals surface area (Å²) in [5.41, 5.74) is 0.328. The van der Waals surface area contributed by atoms with Crippen molar-refractivity contribution in [2.45, 2.75) is 18.9 Å². The summed E-state index contributed by atoms with van der Waals surface area (Å²) in [7, 11) is 0. The molecule has 1 fully saturated rings. The first-order chi connectivity index (χ1) is 12.0. The molecular weight excluding hydrogens is 326 g/mol. The number of halogens is 2. The Bertz CT molecular complexity index is 786. The van der Waals surface area contributed by atoms with Gasteiger partial charge in [0.05, 0.1) is 5.56 Å². The quantitative estimate of drug-likeness (QED) is 0.931. The first-order valence-electron chi connectivity index (χ1n) is 8.15. The van der Waals surface area contributed by atoms with E-state index in [0.29, 0.717) is 25.9 Å². The summed E-state index contributed by atoms with van der Waals surface area (Å²) in [4.78, 5) is 26.1. The van der Waals surface area contributed by atoms with Crippen LogP contribution in [-0.2, 0) is 0 Å². The van der Waals surface area contributed by atoms with Crippen LogP contribution in [0.15, 0.2) is 48.5 Å². The highest BCUT2D eigenvalue weighted by Crippen LogP contribution is 2.16. The van der Waals surface area contributed by atoms with Crippen LogP contribution in [0.25, 0.3) is 0 Å². The number of carbonyl (C=O) groups is 2. The molecule has 6 heteroatoms. The third-order valence-corrected chi connectivity index (χ3v) is 4.31. The van der Waals surface area contributed by atoms with Crippen LogP contribution in [0.1, 0.15) is 33.6 Å². The number of amides is 2. The highest BCUT2D eigenvalue weighted by Gasteiger charge is 2.26. The van der Waals surface area contributed by atoms with Crippen molar-refractivity contribution in [2.75, 3.05) is 13.1 Å². The van der Waals surface area contributed by atoms with Crippen LogP contribution in [0.3, 0.4) is 0 Å². The fraction of sp³-hybridized carbons (Fsp3) is 0.263. The van der Waals surface area contributed by atoms with Crippen molar-refractivity contribution in [3.05, 3.63) is 71.3 Å². The number of nitrogens with zero attached hydrogens (tertiary/aromatic N) is 1. The Labute approximate surface area is 144 Å². The van der Waals surface area contributed by atoms with Crippen LogP contribution >= 0.6 is 0 Å². The normalized spacial score (nSPS) is 15.0. The van der Waals surface area contributed by atoms with Crippen LogP contribution in [0, 0.1) is 11.6 Å². The average Bonchev–Trinajstić information content (AvgIpc) is 2.62. The van der Waals surface area contributed by atoms with Gasteiger partial charge in [0, 0.05) is 24.7 Å². The zero-order chi connectivity index (χ0) is 17.8. The molecule has 1 N–H and O–H groups in total. The molecule has 130 valence electrons. The van der Waals surface area contributed by atoms with E-state index in [2.05, 4.69) is 5.32 Å². The summed E-state index contributed by atoms with van der Waals surface area (Å²) in [5, 5.41) is 2.86. The molecule has 0 spiro atoms. The fourth-order valence-electron chi connectivity index (χ4n) is 2.93. The molecule has 1 heterocycles. The molecule has 1 saturated heterocycles. The molecule has 0 aromatic heterocycles. The Morgan fingerprint density at radius 2 is 1.72 bits per heavy atom. The van der Waals surface area contributed by atoms with E-state index in [1.165, 1.54) is 30.3 Å². The molecular formula is C19H18F2N2O2. The molecule has 0 radical (unpaired) electrons. The van der Waals surface area contributed by atoms with Crippen LogP contribution in [0.4, 0.5) is 8.78 Å². The molecule has 0 bridgehead atoms. The van der Waals surface area contributed by atoms with E-state index in [-0.39, 0.29) is 29.0 Å². The second-order valence-electron chi connectivity index (χ2n) is 6.03. The van der Waals surface area contributed by atoms with E-state index in [9.17, 15) is 18.4 Å². The van der Waals surface area contributed by atoms with Gasteiger partial charge >= 0.3 is 0 Å². The topological polar surface area (TPSA) is 49.4 Å². The lowest BCUT2D eigenvalue weighted by Gasteiger charge is -2.32. The van der Waals surface area contributed by atoms with Crippen LogP contribution in [0.5, 0.6) is 0 Å². The molecule has 2 amide bonds. The van der Waals surface area contributed by atoms with Crippen molar-refractivity contribution in [2.24, 2.45) is 0 Å². The summed E-state index contributed by atoms with van der Waals surface area (Å²) in [6, 6.07) is 11.3. The van der Waals surface area contributed by atoms with E-state index in [1.54, 1.807) is 23.1 Å². The Balaban J connectivity index is 1.56. The van der Waals surface area contributed by atoms with E-state index in [1.807, 2.05) is 0 Å². The molecule has 1 aliphatic rings. The highest BCUT2D eigenvalue weighted by atomic mass is 19.1. The van der Waals surface area contributed by atoms with Crippen LogP contribution in [0.2, 0.25) is 0 Å². The largest absolute Gasteiger partial charge is 0.349 e. The van der Waals surface area contributed by atoms with E-state index < -0.39 is 11.6 Å². The monoisotopic (exact) mass is 344 g/mol. The minimum absolute atomic E-state index is 0.0600. The van der Waals surface area contributed by atoms with Crippen molar-refractivity contribution in [3.8, 4) is 0 Å². The molecule has 25 heavy (non-hydrogen) atoms. The molecule has 2 aromatic carbocycles.